The number of imidazole rings is 1. The van der Waals surface area contributed by atoms with E-state index in [9.17, 15) is 19.1 Å². The summed E-state index contributed by atoms with van der Waals surface area (Å²) in [6, 6.07) is 7.83. The van der Waals surface area contributed by atoms with Crippen LogP contribution in [0.2, 0.25) is 0 Å². The highest BCUT2D eigenvalue weighted by molar-refractivity contribution is 5.93. The summed E-state index contributed by atoms with van der Waals surface area (Å²) < 4.78 is 15.0. The van der Waals surface area contributed by atoms with Gasteiger partial charge in [-0.15, -0.1) is 0 Å². The lowest BCUT2D eigenvalue weighted by Crippen LogP contribution is -2.57. The molecule has 1 N–H and O–H groups in total. The van der Waals surface area contributed by atoms with E-state index in [0.717, 1.165) is 11.1 Å². The predicted molar refractivity (Wildman–Crippen MR) is 130 cm³/mol. The minimum Gasteiger partial charge on any atom is -0.383 e. The van der Waals surface area contributed by atoms with Crippen molar-refractivity contribution >= 4 is 17.5 Å². The van der Waals surface area contributed by atoms with Crippen molar-refractivity contribution < 1.29 is 19.1 Å². The minimum atomic E-state index is -1.02. The molecular formula is C26H32FN5O3. The molecule has 2 atom stereocenters. The third kappa shape index (κ3) is 5.19. The van der Waals surface area contributed by atoms with Crippen LogP contribution in [0.5, 0.6) is 0 Å². The maximum atomic E-state index is 13.3. The number of benzene rings is 1. The van der Waals surface area contributed by atoms with Gasteiger partial charge in [0.2, 0.25) is 0 Å². The van der Waals surface area contributed by atoms with Crippen molar-refractivity contribution in [2.45, 2.75) is 52.7 Å². The Morgan fingerprint density at radius 1 is 1.20 bits per heavy atom. The SMILES string of the molecule is CCc1cc(-c2ccc(F)cc2)nn2cc(C(=O)N3CCN(C(=O)[C@H](O)CC(C)C)[C@@H](C)C3)nc12. The number of aryl methyl sites for hydroxylation is 1. The van der Waals surface area contributed by atoms with Crippen molar-refractivity contribution in [1.29, 1.82) is 0 Å². The van der Waals surface area contributed by atoms with Crippen LogP contribution in [0.25, 0.3) is 16.9 Å². The number of aromatic nitrogens is 3. The molecule has 186 valence electrons. The number of hydrogen-bond acceptors (Lipinski definition) is 5. The molecule has 1 aromatic carbocycles. The van der Waals surface area contributed by atoms with Crippen LogP contribution >= 0.6 is 0 Å². The number of rotatable bonds is 6. The number of nitrogens with zero attached hydrogens (tertiary/aromatic N) is 5. The Bertz CT molecular complexity index is 1220. The van der Waals surface area contributed by atoms with Crippen LogP contribution in [0.1, 0.15) is 50.2 Å². The standard InChI is InChI=1S/C26H32FN5O3/c1-5-18-13-21(19-6-8-20(27)9-7-19)29-32-15-22(28-24(18)32)25(34)30-10-11-31(17(4)14-30)26(35)23(33)12-16(2)3/h6-9,13,15-17,23,33H,5,10-12,14H2,1-4H3/t17-,23+/m0/s1. The van der Waals surface area contributed by atoms with Gasteiger partial charge in [-0.3, -0.25) is 9.59 Å². The van der Waals surface area contributed by atoms with E-state index in [1.807, 2.05) is 33.8 Å². The second-order valence-corrected chi connectivity index (χ2v) is 9.59. The molecule has 0 spiro atoms. The first-order valence-corrected chi connectivity index (χ1v) is 12.1. The Morgan fingerprint density at radius 3 is 2.54 bits per heavy atom. The van der Waals surface area contributed by atoms with Gasteiger partial charge in [0.15, 0.2) is 5.65 Å². The fourth-order valence-electron chi connectivity index (χ4n) is 4.54. The molecule has 0 bridgehead atoms. The van der Waals surface area contributed by atoms with Gasteiger partial charge in [-0.25, -0.2) is 13.9 Å². The maximum Gasteiger partial charge on any atom is 0.274 e. The molecule has 3 aromatic rings. The van der Waals surface area contributed by atoms with Crippen LogP contribution < -0.4 is 0 Å². The quantitative estimate of drug-likeness (QED) is 0.584. The predicted octanol–water partition coefficient (Wildman–Crippen LogP) is 3.18. The first-order chi connectivity index (χ1) is 16.7. The summed E-state index contributed by atoms with van der Waals surface area (Å²) in [5.74, 6) is -0.599. The summed E-state index contributed by atoms with van der Waals surface area (Å²) in [6.07, 6.45) is 1.71. The Labute approximate surface area is 204 Å². The molecule has 1 aliphatic heterocycles. The average molecular weight is 482 g/mol. The van der Waals surface area contributed by atoms with Crippen molar-refractivity contribution in [1.82, 2.24) is 24.4 Å². The Kier molecular flexibility index (Phi) is 7.16. The molecule has 4 rings (SSSR count). The molecule has 2 aromatic heterocycles. The highest BCUT2D eigenvalue weighted by atomic mass is 19.1. The van der Waals surface area contributed by atoms with Crippen LogP contribution in [-0.4, -0.2) is 73.1 Å². The number of halogens is 1. The molecule has 9 heteroatoms. The van der Waals surface area contributed by atoms with Crippen LogP contribution in [0, 0.1) is 11.7 Å². The van der Waals surface area contributed by atoms with E-state index in [1.54, 1.807) is 32.6 Å². The molecule has 0 unspecified atom stereocenters. The number of carbonyl (C=O) groups excluding carboxylic acids is 2. The van der Waals surface area contributed by atoms with E-state index < -0.39 is 6.10 Å². The number of aliphatic hydroxyl groups is 1. The summed E-state index contributed by atoms with van der Waals surface area (Å²) >= 11 is 0. The zero-order valence-electron chi connectivity index (χ0n) is 20.6. The summed E-state index contributed by atoms with van der Waals surface area (Å²) in [5, 5.41) is 14.9. The Hall–Kier alpha value is -3.33. The van der Waals surface area contributed by atoms with E-state index in [4.69, 9.17) is 0 Å². The van der Waals surface area contributed by atoms with Gasteiger partial charge in [-0.05, 0) is 61.6 Å². The fraction of sp³-hybridized carbons (Fsp3) is 0.462. The van der Waals surface area contributed by atoms with Gasteiger partial charge in [0.05, 0.1) is 11.9 Å². The summed E-state index contributed by atoms with van der Waals surface area (Å²) in [7, 11) is 0. The Balaban J connectivity index is 1.53. The summed E-state index contributed by atoms with van der Waals surface area (Å²) in [4.78, 5) is 33.9. The van der Waals surface area contributed by atoms with Gasteiger partial charge >= 0.3 is 0 Å². The zero-order chi connectivity index (χ0) is 25.3. The van der Waals surface area contributed by atoms with Crippen molar-refractivity contribution in [2.24, 2.45) is 5.92 Å². The van der Waals surface area contributed by atoms with Crippen LogP contribution in [0.15, 0.2) is 36.5 Å². The number of hydrogen-bond donors (Lipinski definition) is 1. The van der Waals surface area contributed by atoms with Gasteiger partial charge in [0.25, 0.3) is 11.8 Å². The van der Waals surface area contributed by atoms with Gasteiger partial charge in [-0.1, -0.05) is 20.8 Å². The Morgan fingerprint density at radius 2 is 1.91 bits per heavy atom. The fourth-order valence-corrected chi connectivity index (χ4v) is 4.54. The molecule has 2 amide bonds. The first kappa shape index (κ1) is 24.8. The lowest BCUT2D eigenvalue weighted by molar-refractivity contribution is -0.145. The molecule has 0 aliphatic carbocycles. The van der Waals surface area contributed by atoms with E-state index >= 15 is 0 Å². The van der Waals surface area contributed by atoms with Crippen molar-refractivity contribution in [3.63, 3.8) is 0 Å². The second-order valence-electron chi connectivity index (χ2n) is 9.59. The van der Waals surface area contributed by atoms with Crippen LogP contribution in [0.3, 0.4) is 0 Å². The second kappa shape index (κ2) is 10.1. The number of piperazine rings is 1. The third-order valence-electron chi connectivity index (χ3n) is 6.42. The third-order valence-corrected chi connectivity index (χ3v) is 6.42. The number of fused-ring (bicyclic) bond motifs is 1. The molecule has 35 heavy (non-hydrogen) atoms. The molecule has 1 fully saturated rings. The first-order valence-electron chi connectivity index (χ1n) is 12.1. The number of amides is 2. The highest BCUT2D eigenvalue weighted by Gasteiger charge is 2.33. The van der Waals surface area contributed by atoms with Crippen LogP contribution in [-0.2, 0) is 11.2 Å². The molecule has 0 radical (unpaired) electrons. The molecular weight excluding hydrogens is 449 g/mol. The molecule has 0 saturated carbocycles. The number of aliphatic hydroxyl groups excluding tert-OH is 1. The monoisotopic (exact) mass is 481 g/mol. The zero-order valence-corrected chi connectivity index (χ0v) is 20.6. The van der Waals surface area contributed by atoms with Crippen molar-refractivity contribution in [3.8, 4) is 11.3 Å². The van der Waals surface area contributed by atoms with Crippen molar-refractivity contribution in [2.75, 3.05) is 19.6 Å². The van der Waals surface area contributed by atoms with Gasteiger partial charge in [-0.2, -0.15) is 5.10 Å². The summed E-state index contributed by atoms with van der Waals surface area (Å²) in [5.41, 5.74) is 3.28. The highest BCUT2D eigenvalue weighted by Crippen LogP contribution is 2.23. The molecule has 1 aliphatic rings. The molecule has 8 nitrogen and oxygen atoms in total. The molecule has 3 heterocycles. The minimum absolute atomic E-state index is 0.214. The lowest BCUT2D eigenvalue weighted by Gasteiger charge is -2.40. The number of carbonyl (C=O) groups is 2. The van der Waals surface area contributed by atoms with E-state index in [2.05, 4.69) is 10.1 Å². The van der Waals surface area contributed by atoms with Crippen LogP contribution in [0.4, 0.5) is 4.39 Å². The smallest absolute Gasteiger partial charge is 0.274 e. The average Bonchev–Trinajstić information content (AvgIpc) is 3.26. The largest absolute Gasteiger partial charge is 0.383 e. The van der Waals surface area contributed by atoms with Gasteiger partial charge in [0.1, 0.15) is 17.6 Å². The summed E-state index contributed by atoms with van der Waals surface area (Å²) in [6.45, 7) is 8.91. The molecule has 1 saturated heterocycles. The van der Waals surface area contributed by atoms with E-state index in [0.29, 0.717) is 43.8 Å². The van der Waals surface area contributed by atoms with E-state index in [-0.39, 0.29) is 35.3 Å². The van der Waals surface area contributed by atoms with Crippen molar-refractivity contribution in [3.05, 3.63) is 53.6 Å². The van der Waals surface area contributed by atoms with Gasteiger partial charge < -0.3 is 14.9 Å². The maximum absolute atomic E-state index is 13.3. The normalized spacial score (nSPS) is 17.3. The van der Waals surface area contributed by atoms with E-state index in [1.165, 1.54) is 12.1 Å². The lowest BCUT2D eigenvalue weighted by atomic mass is 10.0. The van der Waals surface area contributed by atoms with Gasteiger partial charge in [0, 0.05) is 31.2 Å². The topological polar surface area (TPSA) is 91.0 Å².